The number of carbonyl (C=O) groups excluding carboxylic acids is 1. The zero-order valence-corrected chi connectivity index (χ0v) is 12.5. The van der Waals surface area contributed by atoms with Crippen LogP contribution in [0, 0.1) is 0 Å². The van der Waals surface area contributed by atoms with Crippen molar-refractivity contribution < 1.29 is 14.3 Å². The lowest BCUT2D eigenvalue weighted by Gasteiger charge is -2.18. The van der Waals surface area contributed by atoms with Gasteiger partial charge in [-0.15, -0.1) is 0 Å². The van der Waals surface area contributed by atoms with Crippen molar-refractivity contribution in [3.8, 4) is 0 Å². The predicted molar refractivity (Wildman–Crippen MR) is 77.1 cm³/mol. The quantitative estimate of drug-likeness (QED) is 0.798. The Labute approximate surface area is 125 Å². The highest BCUT2D eigenvalue weighted by Gasteiger charge is 2.31. The van der Waals surface area contributed by atoms with Gasteiger partial charge in [-0.1, -0.05) is 12.8 Å². The molecule has 1 aromatic heterocycles. The van der Waals surface area contributed by atoms with E-state index < -0.39 is 0 Å². The van der Waals surface area contributed by atoms with E-state index in [-0.39, 0.29) is 18.2 Å². The molecule has 0 N–H and O–H groups in total. The third-order valence-electron chi connectivity index (χ3n) is 4.56. The first-order valence-electron chi connectivity index (χ1n) is 7.84. The molecular weight excluding hydrogens is 268 g/mol. The molecule has 2 saturated carbocycles. The summed E-state index contributed by atoms with van der Waals surface area (Å²) < 4.78 is 10.9. The van der Waals surface area contributed by atoms with Gasteiger partial charge < -0.3 is 9.47 Å². The number of hydrogen-bond donors (Lipinski definition) is 0. The van der Waals surface area contributed by atoms with Crippen LogP contribution < -0.4 is 0 Å². The maximum atomic E-state index is 12.3. The van der Waals surface area contributed by atoms with E-state index in [9.17, 15) is 4.79 Å². The van der Waals surface area contributed by atoms with Gasteiger partial charge in [0.25, 0.3) is 0 Å². The molecule has 0 bridgehead atoms. The summed E-state index contributed by atoms with van der Waals surface area (Å²) in [6.45, 7) is 0. The molecule has 114 valence electrons. The zero-order valence-electron chi connectivity index (χ0n) is 12.5. The number of aromatic nitrogens is 2. The Hall–Kier alpha value is -1.49. The van der Waals surface area contributed by atoms with Gasteiger partial charge in [0.2, 0.25) is 0 Å². The van der Waals surface area contributed by atoms with Gasteiger partial charge in [-0.2, -0.15) is 0 Å². The lowest BCUT2D eigenvalue weighted by molar-refractivity contribution is -0.0211. The van der Waals surface area contributed by atoms with E-state index in [1.165, 1.54) is 12.8 Å². The van der Waals surface area contributed by atoms with Gasteiger partial charge in [-0.3, -0.25) is 0 Å². The number of carbonyl (C=O) groups is 1. The zero-order chi connectivity index (χ0) is 14.7. The predicted octanol–water partition coefficient (Wildman–Crippen LogP) is 2.86. The second-order valence-corrected chi connectivity index (χ2v) is 5.93. The first-order chi connectivity index (χ1) is 10.3. The van der Waals surface area contributed by atoms with E-state index >= 15 is 0 Å². The second-order valence-electron chi connectivity index (χ2n) is 5.93. The number of rotatable bonds is 4. The minimum Gasteiger partial charge on any atom is -0.455 e. The van der Waals surface area contributed by atoms with E-state index in [4.69, 9.17) is 9.47 Å². The summed E-state index contributed by atoms with van der Waals surface area (Å²) in [4.78, 5) is 21.0. The van der Waals surface area contributed by atoms with E-state index in [1.807, 2.05) is 0 Å². The van der Waals surface area contributed by atoms with Crippen molar-refractivity contribution in [1.82, 2.24) is 9.97 Å². The van der Waals surface area contributed by atoms with Crippen LogP contribution >= 0.6 is 0 Å². The summed E-state index contributed by atoms with van der Waals surface area (Å²) in [6.07, 6.45) is 9.07. The van der Waals surface area contributed by atoms with Gasteiger partial charge in [0.05, 0.1) is 6.10 Å². The molecule has 0 unspecified atom stereocenters. The maximum Gasteiger partial charge on any atom is 0.357 e. The lowest BCUT2D eigenvalue weighted by Crippen LogP contribution is -2.28. The van der Waals surface area contributed by atoms with Crippen molar-refractivity contribution in [2.45, 2.75) is 63.1 Å². The van der Waals surface area contributed by atoms with Gasteiger partial charge in [0.15, 0.2) is 5.69 Å². The summed E-state index contributed by atoms with van der Waals surface area (Å²) >= 11 is 0. The normalized spacial score (nSPS) is 26.1. The molecule has 2 aliphatic carbocycles. The number of ether oxygens (including phenoxy) is 2. The molecule has 0 amide bonds. The summed E-state index contributed by atoms with van der Waals surface area (Å²) in [5.41, 5.74) is 0.369. The smallest absolute Gasteiger partial charge is 0.357 e. The monoisotopic (exact) mass is 290 g/mol. The van der Waals surface area contributed by atoms with Gasteiger partial charge in [0, 0.05) is 19.2 Å². The fourth-order valence-corrected chi connectivity index (χ4v) is 3.36. The van der Waals surface area contributed by atoms with Crippen molar-refractivity contribution >= 4 is 5.97 Å². The molecule has 0 aliphatic heterocycles. The molecule has 2 fully saturated rings. The molecule has 3 rings (SSSR count). The highest BCUT2D eigenvalue weighted by Crippen LogP contribution is 2.32. The van der Waals surface area contributed by atoms with E-state index in [1.54, 1.807) is 19.4 Å². The first kappa shape index (κ1) is 14.4. The molecule has 2 aliphatic rings. The maximum absolute atomic E-state index is 12.3. The molecule has 2 atom stereocenters. The van der Waals surface area contributed by atoms with Crippen LogP contribution in [0.25, 0.3) is 0 Å². The van der Waals surface area contributed by atoms with Crippen molar-refractivity contribution in [3.05, 3.63) is 23.8 Å². The lowest BCUT2D eigenvalue weighted by atomic mass is 10.1. The van der Waals surface area contributed by atoms with E-state index in [0.29, 0.717) is 11.6 Å². The number of esters is 1. The fraction of sp³-hybridized carbons (Fsp3) is 0.688. The van der Waals surface area contributed by atoms with Gasteiger partial charge in [-0.05, 0) is 38.2 Å². The molecule has 0 spiro atoms. The highest BCUT2D eigenvalue weighted by atomic mass is 16.6. The Morgan fingerprint density at radius 3 is 2.67 bits per heavy atom. The van der Waals surface area contributed by atoms with Crippen LogP contribution in [0.1, 0.15) is 67.2 Å². The summed E-state index contributed by atoms with van der Waals surface area (Å²) in [7, 11) is 1.67. The third-order valence-corrected chi connectivity index (χ3v) is 4.56. The number of nitrogens with zero attached hydrogens (tertiary/aromatic N) is 2. The molecule has 0 saturated heterocycles. The van der Waals surface area contributed by atoms with Gasteiger partial charge >= 0.3 is 5.97 Å². The Morgan fingerprint density at radius 2 is 1.90 bits per heavy atom. The molecule has 0 radical (unpaired) electrons. The summed E-state index contributed by atoms with van der Waals surface area (Å²) in [5.74, 6) is 0.832. The average Bonchev–Trinajstić information content (AvgIpc) is 3.18. The summed E-state index contributed by atoms with van der Waals surface area (Å²) in [6, 6.07) is 1.64. The van der Waals surface area contributed by atoms with Crippen molar-refractivity contribution in [3.63, 3.8) is 0 Å². The second kappa shape index (κ2) is 6.52. The first-order valence-corrected chi connectivity index (χ1v) is 7.84. The minimum atomic E-state index is -0.356. The summed E-state index contributed by atoms with van der Waals surface area (Å²) in [5, 5.41) is 0. The largest absolute Gasteiger partial charge is 0.455 e. The Bertz CT molecular complexity index is 500. The van der Waals surface area contributed by atoms with Crippen molar-refractivity contribution in [2.24, 2.45) is 0 Å². The van der Waals surface area contributed by atoms with Crippen LogP contribution in [0.15, 0.2) is 12.3 Å². The van der Waals surface area contributed by atoms with Crippen molar-refractivity contribution in [1.29, 1.82) is 0 Å². The van der Waals surface area contributed by atoms with Crippen LogP contribution in [0.5, 0.6) is 0 Å². The van der Waals surface area contributed by atoms with E-state index in [0.717, 1.165) is 37.9 Å². The Balaban J connectivity index is 1.68. The van der Waals surface area contributed by atoms with Crippen LogP contribution in [-0.4, -0.2) is 35.3 Å². The topological polar surface area (TPSA) is 61.3 Å². The third kappa shape index (κ3) is 3.23. The molecular formula is C16H22N2O3. The molecule has 1 aromatic rings. The molecule has 1 heterocycles. The molecule has 5 heteroatoms. The average molecular weight is 290 g/mol. The van der Waals surface area contributed by atoms with Crippen LogP contribution in [0.3, 0.4) is 0 Å². The van der Waals surface area contributed by atoms with Crippen LogP contribution in [0.2, 0.25) is 0 Å². The van der Waals surface area contributed by atoms with Gasteiger partial charge in [-0.25, -0.2) is 14.8 Å². The Morgan fingerprint density at radius 1 is 1.14 bits per heavy atom. The highest BCUT2D eigenvalue weighted by molar-refractivity contribution is 5.87. The number of hydrogen-bond acceptors (Lipinski definition) is 5. The van der Waals surface area contributed by atoms with Gasteiger partial charge in [0.1, 0.15) is 11.9 Å². The fourth-order valence-electron chi connectivity index (χ4n) is 3.36. The standard InChI is InChI=1S/C16H22N2O3/c1-20-13-7-4-8-14(13)21-16(19)12-9-10-17-15(18-12)11-5-2-3-6-11/h9-11,13-14H,2-8H2,1H3/t13-,14-/m1/s1. The molecule has 21 heavy (non-hydrogen) atoms. The SMILES string of the molecule is CO[C@@H]1CCC[C@H]1OC(=O)c1ccnc(C2CCCC2)n1. The molecule has 0 aromatic carbocycles. The van der Waals surface area contributed by atoms with Crippen molar-refractivity contribution in [2.75, 3.05) is 7.11 Å². The molecule has 5 nitrogen and oxygen atoms in total. The Kier molecular flexibility index (Phi) is 4.48. The van der Waals surface area contributed by atoms with Crippen LogP contribution in [0.4, 0.5) is 0 Å². The van der Waals surface area contributed by atoms with Crippen LogP contribution in [-0.2, 0) is 9.47 Å². The minimum absolute atomic E-state index is 0.0186. The van der Waals surface area contributed by atoms with E-state index in [2.05, 4.69) is 9.97 Å². The number of methoxy groups -OCH3 is 1.